The van der Waals surface area contributed by atoms with Crippen molar-refractivity contribution in [3.05, 3.63) is 86.3 Å². The van der Waals surface area contributed by atoms with Gasteiger partial charge >= 0.3 is 0 Å². The van der Waals surface area contributed by atoms with Crippen LogP contribution < -0.4 is 10.7 Å². The standard InChI is InChI=1S/C26H26ClN3O4/c1-33-16-21-12-19-10-18(14-29-6-8-34-9-7-29)11-22-24(19)30(21)15-23(25(22)31)26(32)28-13-17-2-4-20(27)5-3-17/h2-5,10-12,15H,6-9,13-14,16H2,1H3,(H,28,32). The monoisotopic (exact) mass is 479 g/mol. The van der Waals surface area contributed by atoms with E-state index in [9.17, 15) is 9.59 Å². The van der Waals surface area contributed by atoms with E-state index in [4.69, 9.17) is 21.1 Å². The van der Waals surface area contributed by atoms with Crippen LogP contribution in [0.4, 0.5) is 0 Å². The highest BCUT2D eigenvalue weighted by atomic mass is 35.5. The molecule has 1 aliphatic rings. The molecule has 5 rings (SSSR count). The number of amides is 1. The zero-order valence-electron chi connectivity index (χ0n) is 19.0. The lowest BCUT2D eigenvalue weighted by Gasteiger charge is -2.26. The molecular weight excluding hydrogens is 454 g/mol. The van der Waals surface area contributed by atoms with Crippen molar-refractivity contribution in [2.24, 2.45) is 0 Å². The molecule has 0 bridgehead atoms. The summed E-state index contributed by atoms with van der Waals surface area (Å²) in [5.41, 5.74) is 3.49. The predicted octanol–water partition coefficient (Wildman–Crippen LogP) is 3.45. The number of hydrogen-bond acceptors (Lipinski definition) is 5. The minimum absolute atomic E-state index is 0.111. The number of nitrogens with zero attached hydrogens (tertiary/aromatic N) is 2. The average molecular weight is 480 g/mol. The SMILES string of the molecule is COCc1cc2cc(CN3CCOCC3)cc3c(=O)c(C(=O)NCc4ccc(Cl)cc4)cn1c23. The fourth-order valence-electron chi connectivity index (χ4n) is 4.55. The first-order valence-electron chi connectivity index (χ1n) is 11.3. The van der Waals surface area contributed by atoms with Gasteiger partial charge in [0, 0.05) is 61.0 Å². The molecule has 8 heteroatoms. The van der Waals surface area contributed by atoms with Crippen LogP contribution in [0.25, 0.3) is 16.3 Å². The second-order valence-corrected chi connectivity index (χ2v) is 9.03. The molecule has 3 heterocycles. The number of pyridine rings is 1. The van der Waals surface area contributed by atoms with Crippen molar-refractivity contribution >= 4 is 33.8 Å². The number of hydrogen-bond donors (Lipinski definition) is 1. The van der Waals surface area contributed by atoms with Crippen LogP contribution >= 0.6 is 11.6 Å². The van der Waals surface area contributed by atoms with E-state index in [0.29, 0.717) is 36.8 Å². The Balaban J connectivity index is 1.53. The van der Waals surface area contributed by atoms with Crippen molar-refractivity contribution in [2.75, 3.05) is 33.4 Å². The second-order valence-electron chi connectivity index (χ2n) is 8.59. The molecule has 1 saturated heterocycles. The predicted molar refractivity (Wildman–Crippen MR) is 132 cm³/mol. The highest BCUT2D eigenvalue weighted by Crippen LogP contribution is 2.27. The first-order valence-corrected chi connectivity index (χ1v) is 11.7. The molecule has 34 heavy (non-hydrogen) atoms. The van der Waals surface area contributed by atoms with Crippen LogP contribution in [0.3, 0.4) is 0 Å². The number of methoxy groups -OCH3 is 1. The first kappa shape index (κ1) is 22.8. The van der Waals surface area contributed by atoms with Gasteiger partial charge in [-0.25, -0.2) is 0 Å². The van der Waals surface area contributed by atoms with Gasteiger partial charge in [-0.15, -0.1) is 0 Å². The molecule has 1 N–H and O–H groups in total. The number of aromatic nitrogens is 1. The molecule has 0 atom stereocenters. The molecule has 1 aliphatic heterocycles. The molecule has 4 aromatic rings. The van der Waals surface area contributed by atoms with Gasteiger partial charge in [0.2, 0.25) is 5.43 Å². The van der Waals surface area contributed by atoms with Crippen molar-refractivity contribution in [1.82, 2.24) is 14.6 Å². The summed E-state index contributed by atoms with van der Waals surface area (Å²) in [4.78, 5) is 28.9. The molecule has 1 amide bonds. The molecule has 2 aromatic heterocycles. The van der Waals surface area contributed by atoms with Gasteiger partial charge in [-0.3, -0.25) is 14.5 Å². The summed E-state index contributed by atoms with van der Waals surface area (Å²) in [6.45, 7) is 4.54. The van der Waals surface area contributed by atoms with Crippen molar-refractivity contribution in [2.45, 2.75) is 19.7 Å². The molecule has 1 fully saturated rings. The number of carbonyl (C=O) groups is 1. The lowest BCUT2D eigenvalue weighted by Crippen LogP contribution is -2.35. The topological polar surface area (TPSA) is 72.3 Å². The second kappa shape index (κ2) is 9.72. The summed E-state index contributed by atoms with van der Waals surface area (Å²) in [5, 5.41) is 5.01. The largest absolute Gasteiger partial charge is 0.379 e. The van der Waals surface area contributed by atoms with Crippen LogP contribution in [0.1, 0.15) is 27.2 Å². The Morgan fingerprint density at radius 3 is 2.62 bits per heavy atom. The molecule has 176 valence electrons. The Morgan fingerprint density at radius 1 is 1.12 bits per heavy atom. The van der Waals surface area contributed by atoms with Gasteiger partial charge in [0.05, 0.1) is 25.3 Å². The highest BCUT2D eigenvalue weighted by molar-refractivity contribution is 6.30. The maximum atomic E-state index is 13.5. The molecule has 7 nitrogen and oxygen atoms in total. The number of carbonyl (C=O) groups excluding carboxylic acids is 1. The molecule has 0 unspecified atom stereocenters. The van der Waals surface area contributed by atoms with E-state index in [0.717, 1.165) is 47.4 Å². The number of halogens is 1. The smallest absolute Gasteiger partial charge is 0.257 e. The molecule has 0 spiro atoms. The zero-order valence-corrected chi connectivity index (χ0v) is 19.7. The molecule has 2 aromatic carbocycles. The maximum Gasteiger partial charge on any atom is 0.257 e. The molecule has 0 saturated carbocycles. The van der Waals surface area contributed by atoms with E-state index in [-0.39, 0.29) is 11.0 Å². The molecular formula is C26H26ClN3O4. The third-order valence-electron chi connectivity index (χ3n) is 6.23. The summed E-state index contributed by atoms with van der Waals surface area (Å²) in [6.07, 6.45) is 1.63. The third-order valence-corrected chi connectivity index (χ3v) is 6.48. The van der Waals surface area contributed by atoms with Gasteiger partial charge in [0.1, 0.15) is 5.56 Å². The number of morpholine rings is 1. The van der Waals surface area contributed by atoms with E-state index in [1.165, 1.54) is 0 Å². The van der Waals surface area contributed by atoms with Gasteiger partial charge in [-0.05, 0) is 41.5 Å². The van der Waals surface area contributed by atoms with Gasteiger partial charge < -0.3 is 19.2 Å². The third kappa shape index (κ3) is 4.52. The van der Waals surface area contributed by atoms with Crippen LogP contribution in [0.5, 0.6) is 0 Å². The van der Waals surface area contributed by atoms with Crippen molar-refractivity contribution in [3.8, 4) is 0 Å². The van der Waals surface area contributed by atoms with Crippen molar-refractivity contribution < 1.29 is 14.3 Å². The molecule has 0 radical (unpaired) electrons. The zero-order chi connectivity index (χ0) is 23.7. The van der Waals surface area contributed by atoms with Gasteiger partial charge in [0.15, 0.2) is 0 Å². The quantitative estimate of drug-likeness (QED) is 0.439. The number of benzene rings is 2. The number of rotatable bonds is 7. The normalized spacial score (nSPS) is 14.8. The van der Waals surface area contributed by atoms with Crippen LogP contribution in [-0.2, 0) is 29.2 Å². The fraction of sp³-hybridized carbons (Fsp3) is 0.308. The fourth-order valence-corrected chi connectivity index (χ4v) is 4.68. The molecule has 0 aliphatic carbocycles. The Kier molecular flexibility index (Phi) is 6.52. The Labute approximate surface area is 202 Å². The summed E-state index contributed by atoms with van der Waals surface area (Å²) >= 11 is 5.94. The van der Waals surface area contributed by atoms with Crippen LogP contribution in [0.2, 0.25) is 5.02 Å². The first-order chi connectivity index (χ1) is 16.5. The lowest BCUT2D eigenvalue weighted by molar-refractivity contribution is 0.0342. The Hall–Kier alpha value is -2.97. The number of nitrogens with one attached hydrogen (secondary N) is 1. The van der Waals surface area contributed by atoms with Gasteiger partial charge in [0.25, 0.3) is 5.91 Å². The lowest BCUT2D eigenvalue weighted by atomic mass is 10.0. The van der Waals surface area contributed by atoms with E-state index < -0.39 is 5.91 Å². The van der Waals surface area contributed by atoms with Crippen molar-refractivity contribution in [3.63, 3.8) is 0 Å². The number of ether oxygens (including phenoxy) is 2. The summed E-state index contributed by atoms with van der Waals surface area (Å²) < 4.78 is 12.7. The average Bonchev–Trinajstić information content (AvgIpc) is 3.18. The van der Waals surface area contributed by atoms with E-state index in [1.54, 1.807) is 25.4 Å². The Morgan fingerprint density at radius 2 is 1.88 bits per heavy atom. The van der Waals surface area contributed by atoms with Crippen LogP contribution in [0, 0.1) is 0 Å². The van der Waals surface area contributed by atoms with E-state index in [2.05, 4.69) is 16.3 Å². The summed E-state index contributed by atoms with van der Waals surface area (Å²) in [6, 6.07) is 13.3. The minimum atomic E-state index is -0.408. The van der Waals surface area contributed by atoms with Gasteiger partial charge in [-0.2, -0.15) is 0 Å². The summed E-state index contributed by atoms with van der Waals surface area (Å²) in [5.74, 6) is -0.408. The van der Waals surface area contributed by atoms with Crippen molar-refractivity contribution in [1.29, 1.82) is 0 Å². The van der Waals surface area contributed by atoms with Crippen LogP contribution in [-0.4, -0.2) is 48.6 Å². The maximum absolute atomic E-state index is 13.5. The summed E-state index contributed by atoms with van der Waals surface area (Å²) in [7, 11) is 1.63. The van der Waals surface area contributed by atoms with Crippen LogP contribution in [0.15, 0.2) is 53.5 Å². The van der Waals surface area contributed by atoms with E-state index in [1.807, 2.05) is 28.7 Å². The van der Waals surface area contributed by atoms with E-state index >= 15 is 0 Å². The highest BCUT2D eigenvalue weighted by Gasteiger charge is 2.20. The minimum Gasteiger partial charge on any atom is -0.379 e. The Bertz CT molecular complexity index is 1380. The van der Waals surface area contributed by atoms with Gasteiger partial charge in [-0.1, -0.05) is 23.7 Å².